The van der Waals surface area contributed by atoms with Gasteiger partial charge in [0.05, 0.1) is 0 Å². The van der Waals surface area contributed by atoms with Crippen LogP contribution in [0.2, 0.25) is 0 Å². The second kappa shape index (κ2) is 7.78. The Balaban J connectivity index is 1.80. The summed E-state index contributed by atoms with van der Waals surface area (Å²) >= 11 is 0. The van der Waals surface area contributed by atoms with Crippen molar-refractivity contribution in [1.82, 2.24) is 4.90 Å². The molecule has 1 aromatic carbocycles. The first-order valence-electron chi connectivity index (χ1n) is 7.94. The molecule has 4 heteroatoms. The summed E-state index contributed by atoms with van der Waals surface area (Å²) in [6, 6.07) is 8.33. The number of hydrogen-bond donors (Lipinski definition) is 2. The summed E-state index contributed by atoms with van der Waals surface area (Å²) in [5, 5.41) is 10.2. The van der Waals surface area contributed by atoms with Gasteiger partial charge in [0.25, 0.3) is 0 Å². The molecule has 1 heterocycles. The Kier molecular flexibility index (Phi) is 6.03. The van der Waals surface area contributed by atoms with Crippen molar-refractivity contribution in [1.29, 1.82) is 0 Å². The largest absolute Gasteiger partial charge is 0.491 e. The summed E-state index contributed by atoms with van der Waals surface area (Å²) in [4.78, 5) is 2.40. The van der Waals surface area contributed by atoms with Crippen molar-refractivity contribution in [2.24, 2.45) is 11.7 Å². The maximum absolute atomic E-state index is 10.2. The van der Waals surface area contributed by atoms with E-state index in [0.717, 1.165) is 17.9 Å². The van der Waals surface area contributed by atoms with Gasteiger partial charge in [-0.1, -0.05) is 26.0 Å². The average Bonchev–Trinajstić information content (AvgIpc) is 2.93. The third-order valence-electron chi connectivity index (χ3n) is 4.21. The molecule has 0 radical (unpaired) electrons. The predicted octanol–water partition coefficient (Wildman–Crippen LogP) is 2.01. The number of ether oxygens (including phenoxy) is 1. The molecule has 0 aromatic heterocycles. The van der Waals surface area contributed by atoms with Crippen molar-refractivity contribution >= 4 is 0 Å². The van der Waals surface area contributed by atoms with Crippen LogP contribution in [0.4, 0.5) is 0 Å². The molecule has 0 amide bonds. The molecule has 118 valence electrons. The molecule has 2 atom stereocenters. The molecule has 0 aliphatic carbocycles. The molecule has 0 spiro atoms. The smallest absolute Gasteiger partial charge is 0.119 e. The summed E-state index contributed by atoms with van der Waals surface area (Å²) in [5.74, 6) is 1.42. The van der Waals surface area contributed by atoms with Crippen LogP contribution in [-0.4, -0.2) is 41.8 Å². The highest BCUT2D eigenvalue weighted by molar-refractivity contribution is 5.28. The van der Waals surface area contributed by atoms with Crippen molar-refractivity contribution < 1.29 is 9.84 Å². The van der Waals surface area contributed by atoms with Crippen LogP contribution < -0.4 is 10.5 Å². The van der Waals surface area contributed by atoms with Gasteiger partial charge in [0.1, 0.15) is 18.5 Å². The SMILES string of the molecule is CC(C)C1CCCN1CC(O)COc1cccc(CN)c1. The van der Waals surface area contributed by atoms with Crippen molar-refractivity contribution in [3.63, 3.8) is 0 Å². The lowest BCUT2D eigenvalue weighted by Gasteiger charge is -2.29. The van der Waals surface area contributed by atoms with Crippen LogP contribution in [-0.2, 0) is 6.54 Å². The Labute approximate surface area is 127 Å². The zero-order valence-electron chi connectivity index (χ0n) is 13.2. The molecule has 2 rings (SSSR count). The summed E-state index contributed by atoms with van der Waals surface area (Å²) in [6.45, 7) is 7.12. The van der Waals surface area contributed by atoms with Crippen molar-refractivity contribution in [3.8, 4) is 5.75 Å². The fourth-order valence-electron chi connectivity index (χ4n) is 3.11. The van der Waals surface area contributed by atoms with Crippen LogP contribution in [0.15, 0.2) is 24.3 Å². The van der Waals surface area contributed by atoms with Gasteiger partial charge in [-0.2, -0.15) is 0 Å². The predicted molar refractivity (Wildman–Crippen MR) is 85.3 cm³/mol. The van der Waals surface area contributed by atoms with Crippen LogP contribution in [0.5, 0.6) is 5.75 Å². The van der Waals surface area contributed by atoms with Gasteiger partial charge in [0.2, 0.25) is 0 Å². The summed E-state index contributed by atoms with van der Waals surface area (Å²) in [5.41, 5.74) is 6.66. The minimum Gasteiger partial charge on any atom is -0.491 e. The number of rotatable bonds is 7. The molecular formula is C17H28N2O2. The molecule has 4 nitrogen and oxygen atoms in total. The highest BCUT2D eigenvalue weighted by atomic mass is 16.5. The number of benzene rings is 1. The first-order valence-corrected chi connectivity index (χ1v) is 7.94. The van der Waals surface area contributed by atoms with E-state index in [9.17, 15) is 5.11 Å². The van der Waals surface area contributed by atoms with Gasteiger partial charge < -0.3 is 15.6 Å². The van der Waals surface area contributed by atoms with Gasteiger partial charge in [0.15, 0.2) is 0 Å². The Hall–Kier alpha value is -1.10. The standard InChI is InChI=1S/C17H28N2O2/c1-13(2)17-7-4-8-19(17)11-15(20)12-21-16-6-3-5-14(9-16)10-18/h3,5-6,9,13,15,17,20H,4,7-8,10-12,18H2,1-2H3. The van der Waals surface area contributed by atoms with Gasteiger partial charge >= 0.3 is 0 Å². The molecule has 0 bridgehead atoms. The Morgan fingerprint density at radius 1 is 1.43 bits per heavy atom. The van der Waals surface area contributed by atoms with Crippen LogP contribution in [0.1, 0.15) is 32.3 Å². The maximum atomic E-state index is 10.2. The molecule has 2 unspecified atom stereocenters. The van der Waals surface area contributed by atoms with E-state index in [0.29, 0.717) is 31.7 Å². The number of nitrogens with two attached hydrogens (primary N) is 1. The Bertz CT molecular complexity index is 437. The van der Waals surface area contributed by atoms with Gasteiger partial charge in [-0.15, -0.1) is 0 Å². The fourth-order valence-corrected chi connectivity index (χ4v) is 3.11. The van der Waals surface area contributed by atoms with Crippen LogP contribution in [0, 0.1) is 5.92 Å². The monoisotopic (exact) mass is 292 g/mol. The molecule has 1 aliphatic rings. The number of likely N-dealkylation sites (tertiary alicyclic amines) is 1. The first kappa shape index (κ1) is 16.3. The normalized spacial score (nSPS) is 20.9. The van der Waals surface area contributed by atoms with E-state index in [2.05, 4.69) is 18.7 Å². The van der Waals surface area contributed by atoms with Crippen LogP contribution in [0.25, 0.3) is 0 Å². The van der Waals surface area contributed by atoms with E-state index >= 15 is 0 Å². The summed E-state index contributed by atoms with van der Waals surface area (Å²) in [6.07, 6.45) is 2.02. The van der Waals surface area contributed by atoms with Crippen molar-refractivity contribution in [2.75, 3.05) is 19.7 Å². The number of aliphatic hydroxyl groups excluding tert-OH is 1. The van der Waals surface area contributed by atoms with Gasteiger partial charge in [0, 0.05) is 19.1 Å². The molecule has 3 N–H and O–H groups in total. The highest BCUT2D eigenvalue weighted by Crippen LogP contribution is 2.23. The second-order valence-corrected chi connectivity index (χ2v) is 6.26. The quantitative estimate of drug-likeness (QED) is 0.807. The summed E-state index contributed by atoms with van der Waals surface area (Å²) in [7, 11) is 0. The maximum Gasteiger partial charge on any atom is 0.119 e. The average molecular weight is 292 g/mol. The first-order chi connectivity index (χ1) is 10.1. The van der Waals surface area contributed by atoms with Gasteiger partial charge in [-0.25, -0.2) is 0 Å². The number of nitrogens with zero attached hydrogens (tertiary/aromatic N) is 1. The highest BCUT2D eigenvalue weighted by Gasteiger charge is 2.28. The Morgan fingerprint density at radius 3 is 2.95 bits per heavy atom. The van der Waals surface area contributed by atoms with Crippen LogP contribution >= 0.6 is 0 Å². The Morgan fingerprint density at radius 2 is 2.24 bits per heavy atom. The molecule has 1 aromatic rings. The molecular weight excluding hydrogens is 264 g/mol. The lowest BCUT2D eigenvalue weighted by atomic mass is 10.0. The zero-order valence-corrected chi connectivity index (χ0v) is 13.2. The van der Waals surface area contributed by atoms with E-state index < -0.39 is 6.10 Å². The van der Waals surface area contributed by atoms with Gasteiger partial charge in [-0.3, -0.25) is 4.90 Å². The second-order valence-electron chi connectivity index (χ2n) is 6.26. The third kappa shape index (κ3) is 4.70. The topological polar surface area (TPSA) is 58.7 Å². The van der Waals surface area contributed by atoms with Crippen molar-refractivity contribution in [2.45, 2.75) is 45.4 Å². The van der Waals surface area contributed by atoms with Crippen LogP contribution in [0.3, 0.4) is 0 Å². The molecule has 0 saturated carbocycles. The fraction of sp³-hybridized carbons (Fsp3) is 0.647. The van der Waals surface area contributed by atoms with E-state index in [-0.39, 0.29) is 0 Å². The van der Waals surface area contributed by atoms with Gasteiger partial charge in [-0.05, 0) is 43.0 Å². The lowest BCUT2D eigenvalue weighted by Crippen LogP contribution is -2.40. The number of aliphatic hydroxyl groups is 1. The third-order valence-corrected chi connectivity index (χ3v) is 4.21. The molecule has 1 saturated heterocycles. The van der Waals surface area contributed by atoms with Crippen molar-refractivity contribution in [3.05, 3.63) is 29.8 Å². The van der Waals surface area contributed by atoms with E-state index in [1.54, 1.807) is 0 Å². The summed E-state index contributed by atoms with van der Waals surface area (Å²) < 4.78 is 5.68. The molecule has 21 heavy (non-hydrogen) atoms. The lowest BCUT2D eigenvalue weighted by molar-refractivity contribution is 0.0571. The van der Waals surface area contributed by atoms with E-state index in [1.807, 2.05) is 24.3 Å². The molecule has 1 aliphatic heterocycles. The zero-order chi connectivity index (χ0) is 15.2. The van der Waals surface area contributed by atoms with E-state index in [1.165, 1.54) is 12.8 Å². The number of β-amino-alcohol motifs (C(OH)–C–C–N with tert-alkyl or cyclic N) is 1. The number of hydrogen-bond acceptors (Lipinski definition) is 4. The minimum absolute atomic E-state index is 0.329. The molecule has 1 fully saturated rings. The van der Waals surface area contributed by atoms with E-state index in [4.69, 9.17) is 10.5 Å². The minimum atomic E-state index is -0.453.